The van der Waals surface area contributed by atoms with E-state index < -0.39 is 46.6 Å². The largest absolute Gasteiger partial charge is 0.381 e. The Balaban J connectivity index is 0.00000369. The van der Waals surface area contributed by atoms with Gasteiger partial charge in [-0.05, 0) is 137 Å². The zero-order valence-electron chi connectivity index (χ0n) is 47.7. The second-order valence-corrected chi connectivity index (χ2v) is 22.7. The molecule has 3 fully saturated rings. The average molecular weight is 1220 g/mol. The predicted molar refractivity (Wildman–Crippen MR) is 321 cm³/mol. The van der Waals surface area contributed by atoms with E-state index in [2.05, 4.69) is 50.2 Å². The Morgan fingerprint density at radius 2 is 1.58 bits per heavy atom. The van der Waals surface area contributed by atoms with Crippen molar-refractivity contribution in [3.05, 3.63) is 124 Å². The summed E-state index contributed by atoms with van der Waals surface area (Å²) in [4.78, 5) is 79.9. The van der Waals surface area contributed by atoms with Crippen molar-refractivity contribution < 1.29 is 46.6 Å². The molecule has 7 N–H and O–H groups in total. The number of likely N-dealkylation sites (N-methyl/N-ethyl adjacent to an activating group) is 1. The number of carbonyl (C=O) groups excluding carboxylic acids is 5. The third-order valence-electron chi connectivity index (χ3n) is 17.1. The number of rotatable bonds is 19. The molecule has 0 aliphatic carbocycles. The number of hydrogen-bond donors (Lipinski definition) is 6. The minimum absolute atomic E-state index is 0. The first-order valence-electron chi connectivity index (χ1n) is 28.2. The highest BCUT2D eigenvalue weighted by atomic mass is 35.5. The molecule has 9 rings (SSSR count). The van der Waals surface area contributed by atoms with Crippen LogP contribution in [0.5, 0.6) is 0 Å². The van der Waals surface area contributed by atoms with Gasteiger partial charge in [-0.2, -0.15) is 0 Å². The van der Waals surface area contributed by atoms with Crippen LogP contribution in [0.2, 0.25) is 0 Å². The summed E-state index contributed by atoms with van der Waals surface area (Å²) >= 11 is 0. The lowest BCUT2D eigenvalue weighted by atomic mass is 9.78. The number of hydrogen-bond acceptors (Lipinski definition) is 12. The van der Waals surface area contributed by atoms with E-state index in [1.807, 2.05) is 32.0 Å². The van der Waals surface area contributed by atoms with Crippen molar-refractivity contribution in [2.75, 3.05) is 94.8 Å². The number of ether oxygens (including phenoxy) is 2. The van der Waals surface area contributed by atoms with Crippen molar-refractivity contribution in [3.8, 4) is 0 Å². The summed E-state index contributed by atoms with van der Waals surface area (Å²) < 4.78 is 55.2. The maximum Gasteiger partial charge on any atom is 0.252 e. The van der Waals surface area contributed by atoms with Gasteiger partial charge in [0.25, 0.3) is 5.91 Å². The number of morpholine rings is 1. The van der Waals surface area contributed by atoms with Crippen molar-refractivity contribution in [3.63, 3.8) is 0 Å². The fourth-order valence-corrected chi connectivity index (χ4v) is 12.2. The number of nitrogens with one attached hydrogen (secondary N) is 5. The molecule has 1 unspecified atom stereocenters. The number of anilines is 3. The molecule has 3 saturated heterocycles. The summed E-state index contributed by atoms with van der Waals surface area (Å²) in [7, 11) is 1.76. The molecule has 5 heterocycles. The van der Waals surface area contributed by atoms with Gasteiger partial charge in [0.05, 0.1) is 31.1 Å². The summed E-state index contributed by atoms with van der Waals surface area (Å²) in [6.45, 7) is 13.7. The van der Waals surface area contributed by atoms with E-state index in [1.54, 1.807) is 42.3 Å². The van der Waals surface area contributed by atoms with E-state index in [9.17, 15) is 28.4 Å². The number of piperazine rings is 1. The molecule has 5 aliphatic rings. The predicted octanol–water partition coefficient (Wildman–Crippen LogP) is 6.48. The van der Waals surface area contributed by atoms with E-state index in [4.69, 9.17) is 15.2 Å². The number of fused-ring (bicyclic) bond motifs is 2. The van der Waals surface area contributed by atoms with Crippen molar-refractivity contribution in [2.24, 2.45) is 17.6 Å². The smallest absolute Gasteiger partial charge is 0.252 e. The molecule has 4 aromatic carbocycles. The first-order chi connectivity index (χ1) is 38.4. The first kappa shape index (κ1) is 66.7. The number of benzene rings is 4. The van der Waals surface area contributed by atoms with Crippen molar-refractivity contribution in [2.45, 2.75) is 108 Å². The van der Waals surface area contributed by atoms with Crippen LogP contribution in [0.3, 0.4) is 0 Å². The second-order valence-electron chi connectivity index (χ2n) is 22.7. The van der Waals surface area contributed by atoms with Gasteiger partial charge in [-0.25, -0.2) is 13.2 Å². The first-order valence-corrected chi connectivity index (χ1v) is 28.2. The molecular weight excluding hydrogens is 1140 g/mol. The maximum absolute atomic E-state index is 15.0. The van der Waals surface area contributed by atoms with Crippen LogP contribution in [0.4, 0.5) is 30.2 Å². The highest BCUT2D eigenvalue weighted by Crippen LogP contribution is 2.43. The molecule has 8 atom stereocenters. The number of halogens is 6. The van der Waals surface area contributed by atoms with Gasteiger partial charge >= 0.3 is 0 Å². The number of carbonyl (C=O) groups is 5. The number of nitrogens with two attached hydrogens (primary N) is 1. The Bertz CT molecular complexity index is 2890. The van der Waals surface area contributed by atoms with E-state index in [1.165, 1.54) is 23.1 Å². The normalized spacial score (nSPS) is 22.8. The van der Waals surface area contributed by atoms with E-state index in [0.29, 0.717) is 80.3 Å². The van der Waals surface area contributed by atoms with Crippen LogP contribution < -0.4 is 37.2 Å². The lowest BCUT2D eigenvalue weighted by molar-refractivity contribution is -0.146. The van der Waals surface area contributed by atoms with Crippen LogP contribution in [0.15, 0.2) is 78.9 Å². The van der Waals surface area contributed by atoms with Gasteiger partial charge in [0.15, 0.2) is 0 Å². The standard InChI is InChI=1S/C60H77F3N10O7.3ClH/c1-36-30-71(45(29-67-36)32-70-22-25-80-34-37(70)2)33-52(75)73-35-60(4,47-18-13-40(27-50(47)73)26-39-11-15-43(61)16-12-39)59(78)66-21-7-10-51(74)68-44-17-14-42-31-72(58(77)53(54(64)38(3)65-5)41-19-23-79-24-20-41)56(46(42)28-44)57(76)69-55-48(62)8-6-9-49(55)63;;;/h6,8-9,11-18,27-28,36-38,41,45,53-54,56,65,67H,7,10,19-26,29-35,64H2,1-5H3,(H,66,78)(H,68,74)(H,69,76);3*1H/t36-,37-,38+,45-,53+,54?,56+,60-;;;/m1.../s1. The molecule has 17 nitrogen and oxygen atoms in total. The van der Waals surface area contributed by atoms with E-state index in [-0.39, 0.29) is 136 Å². The minimum Gasteiger partial charge on any atom is -0.381 e. The third-order valence-corrected chi connectivity index (χ3v) is 17.1. The molecule has 23 heteroatoms. The van der Waals surface area contributed by atoms with E-state index >= 15 is 8.78 Å². The summed E-state index contributed by atoms with van der Waals surface area (Å²) in [5, 5.41) is 15.1. The van der Waals surface area contributed by atoms with Gasteiger partial charge in [-0.3, -0.25) is 33.8 Å². The van der Waals surface area contributed by atoms with Gasteiger partial charge < -0.3 is 51.6 Å². The highest BCUT2D eigenvalue weighted by Gasteiger charge is 2.48. The van der Waals surface area contributed by atoms with Gasteiger partial charge in [-0.1, -0.05) is 36.4 Å². The molecule has 0 bridgehead atoms. The SMILES string of the molecule is CN[C@@H](C)C(N)[C@@H](C(=O)N1Cc2ccc(NC(=O)CCCNC(=O)[C@]3(C)CN(C(=O)CN4C[C@@H](C)NC[C@@H]4CN4CCOC[C@H]4C)c4cc(Cc5ccc(F)cc5)ccc43)cc2[C@H]1C(=O)Nc1c(F)cccc1F)C1CCOCC1.Cl.Cl.Cl. The molecule has 0 spiro atoms. The van der Waals surface area contributed by atoms with Crippen LogP contribution in [-0.4, -0.2) is 154 Å². The van der Waals surface area contributed by atoms with Gasteiger partial charge in [0, 0.05) is 107 Å². The minimum atomic E-state index is -1.33. The van der Waals surface area contributed by atoms with Gasteiger partial charge in [-0.15, -0.1) is 37.2 Å². The molecule has 5 amide bonds. The fraction of sp³-hybridized carbons (Fsp3) is 0.517. The molecule has 83 heavy (non-hydrogen) atoms. The summed E-state index contributed by atoms with van der Waals surface area (Å²) in [6.07, 6.45) is 1.93. The van der Waals surface area contributed by atoms with Crippen LogP contribution in [0.25, 0.3) is 0 Å². The summed E-state index contributed by atoms with van der Waals surface area (Å²) in [5.41, 5.74) is 9.52. The molecule has 4 aromatic rings. The Kier molecular flexibility index (Phi) is 23.8. The summed E-state index contributed by atoms with van der Waals surface area (Å²) in [6, 6.07) is 18.6. The monoisotopic (exact) mass is 1210 g/mol. The topological polar surface area (TPSA) is 203 Å². The van der Waals surface area contributed by atoms with Crippen molar-refractivity contribution >= 4 is 83.8 Å². The zero-order valence-corrected chi connectivity index (χ0v) is 50.2. The number of amides is 5. The van der Waals surface area contributed by atoms with Crippen LogP contribution in [0.1, 0.15) is 87.2 Å². The van der Waals surface area contributed by atoms with Gasteiger partial charge in [0.1, 0.15) is 29.2 Å². The molecule has 454 valence electrons. The molecule has 0 saturated carbocycles. The summed E-state index contributed by atoms with van der Waals surface area (Å²) in [5.74, 6) is -5.17. The molecular formula is C60H80Cl3F3N10O7. The zero-order chi connectivity index (χ0) is 56.8. The fourth-order valence-electron chi connectivity index (χ4n) is 12.2. The Hall–Kier alpha value is -5.39. The van der Waals surface area contributed by atoms with Gasteiger partial charge in [0.2, 0.25) is 23.6 Å². The van der Waals surface area contributed by atoms with Crippen molar-refractivity contribution in [1.82, 2.24) is 30.7 Å². The van der Waals surface area contributed by atoms with Crippen LogP contribution in [0, 0.1) is 29.3 Å². The van der Waals surface area contributed by atoms with Crippen molar-refractivity contribution in [1.29, 1.82) is 0 Å². The second kappa shape index (κ2) is 29.6. The quantitative estimate of drug-likeness (QED) is 0.0559. The van der Waals surface area contributed by atoms with Crippen LogP contribution >= 0.6 is 37.2 Å². The lowest BCUT2D eigenvalue weighted by Gasteiger charge is -2.43. The Morgan fingerprint density at radius 1 is 0.867 bits per heavy atom. The number of nitrogens with zero attached hydrogens (tertiary/aromatic N) is 4. The molecule has 0 aromatic heterocycles. The molecule has 5 aliphatic heterocycles. The number of para-hydroxylation sites is 1. The maximum atomic E-state index is 15.0. The lowest BCUT2D eigenvalue weighted by Crippen LogP contribution is -2.62. The van der Waals surface area contributed by atoms with E-state index in [0.717, 1.165) is 42.9 Å². The Labute approximate surface area is 503 Å². The average Bonchev–Trinajstić information content (AvgIpc) is 4.05. The Morgan fingerprint density at radius 3 is 2.28 bits per heavy atom. The highest BCUT2D eigenvalue weighted by molar-refractivity contribution is 6.03. The van der Waals surface area contributed by atoms with Crippen LogP contribution in [-0.2, 0) is 51.8 Å². The third kappa shape index (κ3) is 15.4. The molecule has 0 radical (unpaired) electrons.